The van der Waals surface area contributed by atoms with Crippen molar-refractivity contribution in [1.82, 2.24) is 4.90 Å². The molecule has 0 bridgehead atoms. The first kappa shape index (κ1) is 15.3. The van der Waals surface area contributed by atoms with Crippen LogP contribution in [0.3, 0.4) is 0 Å². The first-order valence-electron chi connectivity index (χ1n) is 7.73. The van der Waals surface area contributed by atoms with Crippen molar-refractivity contribution in [3.8, 4) is 0 Å². The highest BCUT2D eigenvalue weighted by atomic mass is 16.5. The predicted molar refractivity (Wildman–Crippen MR) is 74.1 cm³/mol. The molecule has 114 valence electrons. The maximum absolute atomic E-state index is 12.2. The Kier molecular flexibility index (Phi) is 5.83. The third-order valence-electron chi connectivity index (χ3n) is 4.27. The van der Waals surface area contributed by atoms with E-state index in [-0.39, 0.29) is 17.8 Å². The summed E-state index contributed by atoms with van der Waals surface area (Å²) in [5.41, 5.74) is 0. The molecule has 0 N–H and O–H groups in total. The fourth-order valence-electron chi connectivity index (χ4n) is 2.95. The Labute approximate surface area is 120 Å². The molecule has 0 aliphatic carbocycles. The first-order chi connectivity index (χ1) is 9.70. The van der Waals surface area contributed by atoms with Crippen molar-refractivity contribution in [1.29, 1.82) is 0 Å². The van der Waals surface area contributed by atoms with E-state index in [4.69, 9.17) is 9.47 Å². The molecule has 0 unspecified atom stereocenters. The number of likely N-dealkylation sites (tertiary alicyclic amines) is 1. The fourth-order valence-corrected chi connectivity index (χ4v) is 2.95. The van der Waals surface area contributed by atoms with Gasteiger partial charge < -0.3 is 14.4 Å². The minimum absolute atomic E-state index is 0.0259. The average molecular weight is 283 g/mol. The molecular formula is C15H25NO4. The van der Waals surface area contributed by atoms with E-state index in [2.05, 4.69) is 0 Å². The Morgan fingerprint density at radius 3 is 2.40 bits per heavy atom. The average Bonchev–Trinajstić information content (AvgIpc) is 2.48. The molecule has 5 heteroatoms. The van der Waals surface area contributed by atoms with Crippen LogP contribution in [-0.4, -0.2) is 49.7 Å². The lowest BCUT2D eigenvalue weighted by Crippen LogP contribution is -2.41. The van der Waals surface area contributed by atoms with E-state index in [1.54, 1.807) is 0 Å². The molecule has 5 nitrogen and oxygen atoms in total. The lowest BCUT2D eigenvalue weighted by atomic mass is 9.93. The van der Waals surface area contributed by atoms with Crippen LogP contribution >= 0.6 is 0 Å². The second-order valence-corrected chi connectivity index (χ2v) is 5.67. The van der Waals surface area contributed by atoms with E-state index in [1.165, 1.54) is 0 Å². The summed E-state index contributed by atoms with van der Waals surface area (Å²) in [5.74, 6) is 0.573. The van der Waals surface area contributed by atoms with Crippen LogP contribution in [0.5, 0.6) is 0 Å². The number of ether oxygens (including phenoxy) is 2. The van der Waals surface area contributed by atoms with Crippen molar-refractivity contribution < 1.29 is 19.1 Å². The van der Waals surface area contributed by atoms with Crippen LogP contribution in [0.25, 0.3) is 0 Å². The normalized spacial score (nSPS) is 21.8. The van der Waals surface area contributed by atoms with Gasteiger partial charge >= 0.3 is 5.97 Å². The van der Waals surface area contributed by atoms with Gasteiger partial charge in [0.15, 0.2) is 0 Å². The number of esters is 1. The van der Waals surface area contributed by atoms with Gasteiger partial charge in [0, 0.05) is 32.7 Å². The second-order valence-electron chi connectivity index (χ2n) is 5.67. The summed E-state index contributed by atoms with van der Waals surface area (Å²) in [6.45, 7) is 5.19. The highest BCUT2D eigenvalue weighted by Crippen LogP contribution is 2.23. The van der Waals surface area contributed by atoms with Crippen molar-refractivity contribution in [3.63, 3.8) is 0 Å². The SMILES string of the molecule is CCOC(=O)C1CCN(C(=O)CC2CCOCC2)CC1. The Morgan fingerprint density at radius 2 is 1.80 bits per heavy atom. The van der Waals surface area contributed by atoms with Crippen molar-refractivity contribution in [2.45, 2.75) is 39.0 Å². The Hall–Kier alpha value is -1.10. The molecule has 0 spiro atoms. The molecule has 0 radical (unpaired) electrons. The first-order valence-corrected chi connectivity index (χ1v) is 7.73. The zero-order chi connectivity index (χ0) is 14.4. The summed E-state index contributed by atoms with van der Waals surface area (Å²) < 4.78 is 10.4. The van der Waals surface area contributed by atoms with Crippen LogP contribution < -0.4 is 0 Å². The second kappa shape index (κ2) is 7.62. The number of rotatable bonds is 4. The number of piperidine rings is 1. The lowest BCUT2D eigenvalue weighted by molar-refractivity contribution is -0.151. The Bertz CT molecular complexity index is 331. The summed E-state index contributed by atoms with van der Waals surface area (Å²) in [6.07, 6.45) is 4.08. The predicted octanol–water partition coefficient (Wildman–Crippen LogP) is 1.60. The molecule has 1 amide bonds. The van der Waals surface area contributed by atoms with Gasteiger partial charge in [0.1, 0.15) is 0 Å². The van der Waals surface area contributed by atoms with Gasteiger partial charge in [0.25, 0.3) is 0 Å². The number of nitrogens with zero attached hydrogens (tertiary/aromatic N) is 1. The lowest BCUT2D eigenvalue weighted by Gasteiger charge is -2.32. The van der Waals surface area contributed by atoms with Crippen molar-refractivity contribution in [2.24, 2.45) is 11.8 Å². The number of hydrogen-bond donors (Lipinski definition) is 0. The third kappa shape index (κ3) is 4.20. The Balaban J connectivity index is 1.72. The zero-order valence-electron chi connectivity index (χ0n) is 12.3. The van der Waals surface area contributed by atoms with Crippen LogP contribution in [-0.2, 0) is 19.1 Å². The summed E-state index contributed by atoms with van der Waals surface area (Å²) in [4.78, 5) is 25.8. The molecule has 0 saturated carbocycles. The van der Waals surface area contributed by atoms with Gasteiger partial charge in [0.05, 0.1) is 12.5 Å². The summed E-state index contributed by atoms with van der Waals surface area (Å²) in [7, 11) is 0. The van der Waals surface area contributed by atoms with E-state index >= 15 is 0 Å². The maximum atomic E-state index is 12.2. The van der Waals surface area contributed by atoms with Gasteiger partial charge in [-0.25, -0.2) is 0 Å². The Morgan fingerprint density at radius 1 is 1.15 bits per heavy atom. The van der Waals surface area contributed by atoms with E-state index in [0.717, 1.165) is 38.9 Å². The van der Waals surface area contributed by atoms with Gasteiger partial charge in [0.2, 0.25) is 5.91 Å². The number of amides is 1. The van der Waals surface area contributed by atoms with Gasteiger partial charge in [-0.2, -0.15) is 0 Å². The van der Waals surface area contributed by atoms with Crippen LogP contribution in [0.15, 0.2) is 0 Å². The highest BCUT2D eigenvalue weighted by Gasteiger charge is 2.29. The van der Waals surface area contributed by atoms with Gasteiger partial charge in [-0.15, -0.1) is 0 Å². The third-order valence-corrected chi connectivity index (χ3v) is 4.27. The van der Waals surface area contributed by atoms with Crippen molar-refractivity contribution in [3.05, 3.63) is 0 Å². The monoisotopic (exact) mass is 283 g/mol. The molecule has 0 aromatic carbocycles. The van der Waals surface area contributed by atoms with E-state index < -0.39 is 0 Å². The smallest absolute Gasteiger partial charge is 0.309 e. The topological polar surface area (TPSA) is 55.8 Å². The number of carbonyl (C=O) groups excluding carboxylic acids is 2. The van der Waals surface area contributed by atoms with Gasteiger partial charge in [-0.1, -0.05) is 0 Å². The standard InChI is InChI=1S/C15H25NO4/c1-2-20-15(18)13-3-7-16(8-4-13)14(17)11-12-5-9-19-10-6-12/h12-13H,2-11H2,1H3. The van der Waals surface area contributed by atoms with Crippen LogP contribution in [0.1, 0.15) is 39.0 Å². The van der Waals surface area contributed by atoms with Crippen LogP contribution in [0.2, 0.25) is 0 Å². The number of carbonyl (C=O) groups is 2. The minimum Gasteiger partial charge on any atom is -0.466 e. The van der Waals surface area contributed by atoms with Crippen LogP contribution in [0.4, 0.5) is 0 Å². The summed E-state index contributed by atoms with van der Waals surface area (Å²) in [5, 5.41) is 0. The molecule has 2 rings (SSSR count). The summed E-state index contributed by atoms with van der Waals surface area (Å²) in [6, 6.07) is 0. The quantitative estimate of drug-likeness (QED) is 0.735. The maximum Gasteiger partial charge on any atom is 0.309 e. The number of hydrogen-bond acceptors (Lipinski definition) is 4. The van der Waals surface area contributed by atoms with Crippen LogP contribution in [0, 0.1) is 11.8 Å². The molecular weight excluding hydrogens is 258 g/mol. The summed E-state index contributed by atoms with van der Waals surface area (Å²) >= 11 is 0. The highest BCUT2D eigenvalue weighted by molar-refractivity contribution is 5.77. The van der Waals surface area contributed by atoms with Gasteiger partial charge in [-0.3, -0.25) is 9.59 Å². The molecule has 2 saturated heterocycles. The van der Waals surface area contributed by atoms with Gasteiger partial charge in [-0.05, 0) is 38.5 Å². The molecule has 2 fully saturated rings. The largest absolute Gasteiger partial charge is 0.466 e. The van der Waals surface area contributed by atoms with Crippen molar-refractivity contribution in [2.75, 3.05) is 32.9 Å². The molecule has 0 atom stereocenters. The van der Waals surface area contributed by atoms with E-state index in [9.17, 15) is 9.59 Å². The van der Waals surface area contributed by atoms with Crippen molar-refractivity contribution >= 4 is 11.9 Å². The van der Waals surface area contributed by atoms with E-state index in [0.29, 0.717) is 32.0 Å². The molecule has 2 heterocycles. The molecule has 2 aliphatic rings. The molecule has 0 aromatic rings. The minimum atomic E-state index is -0.107. The molecule has 0 aromatic heterocycles. The molecule has 20 heavy (non-hydrogen) atoms. The fraction of sp³-hybridized carbons (Fsp3) is 0.867. The van der Waals surface area contributed by atoms with E-state index in [1.807, 2.05) is 11.8 Å². The zero-order valence-corrected chi connectivity index (χ0v) is 12.3. The molecule has 2 aliphatic heterocycles.